The van der Waals surface area contributed by atoms with Gasteiger partial charge in [0.05, 0.1) is 0 Å². The second-order valence-electron chi connectivity index (χ2n) is 5.97. The Hall–Kier alpha value is -1.65. The number of likely N-dealkylation sites (tertiary alicyclic amines) is 1. The van der Waals surface area contributed by atoms with Gasteiger partial charge in [0, 0.05) is 35.7 Å². The van der Waals surface area contributed by atoms with E-state index in [1.54, 1.807) is 0 Å². The number of halogens is 1. The molecule has 2 aromatic rings. The number of hydrogen-bond donors (Lipinski definition) is 1. The van der Waals surface area contributed by atoms with Crippen molar-refractivity contribution in [2.45, 2.75) is 25.4 Å². The van der Waals surface area contributed by atoms with E-state index in [1.807, 2.05) is 35.2 Å². The fourth-order valence-corrected chi connectivity index (χ4v) is 3.39. The molecule has 1 atom stereocenters. The maximum Gasteiger partial charge on any atom is 0.253 e. The van der Waals surface area contributed by atoms with Crippen LogP contribution in [0.5, 0.6) is 0 Å². The van der Waals surface area contributed by atoms with Crippen molar-refractivity contribution in [1.29, 1.82) is 0 Å². The second kappa shape index (κ2) is 7.75. The lowest BCUT2D eigenvalue weighted by Gasteiger charge is -2.33. The fraction of sp³-hybridized carbons (Fsp3) is 0.316. The van der Waals surface area contributed by atoms with Crippen molar-refractivity contribution in [3.05, 3.63) is 70.2 Å². The molecule has 0 spiro atoms. The van der Waals surface area contributed by atoms with Crippen LogP contribution in [-0.4, -0.2) is 29.9 Å². The molecule has 1 aliphatic heterocycles. The van der Waals surface area contributed by atoms with Crippen LogP contribution in [0, 0.1) is 0 Å². The molecule has 0 saturated carbocycles. The first-order valence-electron chi connectivity index (χ1n) is 8.04. The highest BCUT2D eigenvalue weighted by Gasteiger charge is 2.24. The van der Waals surface area contributed by atoms with Crippen LogP contribution in [0.15, 0.2) is 59.1 Å². The normalized spacial score (nSPS) is 18.0. The SMILES string of the molecule is O=C(c1cccc(Br)c1)N1CCC[C@@H](NCc2ccccc2)C1. The Labute approximate surface area is 145 Å². The summed E-state index contributed by atoms with van der Waals surface area (Å²) in [7, 11) is 0. The molecule has 3 rings (SSSR count). The fourth-order valence-electron chi connectivity index (χ4n) is 2.99. The zero-order valence-corrected chi connectivity index (χ0v) is 14.6. The van der Waals surface area contributed by atoms with E-state index in [4.69, 9.17) is 0 Å². The molecule has 1 heterocycles. The highest BCUT2D eigenvalue weighted by molar-refractivity contribution is 9.10. The molecule has 1 fully saturated rings. The first-order chi connectivity index (χ1) is 11.2. The molecule has 0 radical (unpaired) electrons. The molecule has 1 saturated heterocycles. The summed E-state index contributed by atoms with van der Waals surface area (Å²) in [5.41, 5.74) is 2.03. The number of benzene rings is 2. The van der Waals surface area contributed by atoms with E-state index in [9.17, 15) is 4.79 Å². The lowest BCUT2D eigenvalue weighted by Crippen LogP contribution is -2.47. The van der Waals surface area contributed by atoms with Crippen molar-refractivity contribution in [2.24, 2.45) is 0 Å². The summed E-state index contributed by atoms with van der Waals surface area (Å²) in [5, 5.41) is 3.58. The predicted molar refractivity (Wildman–Crippen MR) is 96.3 cm³/mol. The van der Waals surface area contributed by atoms with Gasteiger partial charge in [0.2, 0.25) is 0 Å². The summed E-state index contributed by atoms with van der Waals surface area (Å²) in [6, 6.07) is 18.4. The predicted octanol–water partition coefficient (Wildman–Crippen LogP) is 3.84. The maximum atomic E-state index is 12.6. The van der Waals surface area contributed by atoms with Crippen LogP contribution in [-0.2, 0) is 6.54 Å². The van der Waals surface area contributed by atoms with Gasteiger partial charge in [0.15, 0.2) is 0 Å². The first-order valence-corrected chi connectivity index (χ1v) is 8.84. The van der Waals surface area contributed by atoms with Crippen molar-refractivity contribution in [2.75, 3.05) is 13.1 Å². The Morgan fingerprint density at radius 2 is 2.00 bits per heavy atom. The van der Waals surface area contributed by atoms with Crippen LogP contribution < -0.4 is 5.32 Å². The number of piperidine rings is 1. The van der Waals surface area contributed by atoms with Gasteiger partial charge in [-0.1, -0.05) is 52.3 Å². The van der Waals surface area contributed by atoms with E-state index in [0.29, 0.717) is 6.04 Å². The summed E-state index contributed by atoms with van der Waals surface area (Å²) in [5.74, 6) is 0.123. The third-order valence-corrected chi connectivity index (χ3v) is 4.71. The number of nitrogens with zero attached hydrogens (tertiary/aromatic N) is 1. The first kappa shape index (κ1) is 16.2. The van der Waals surface area contributed by atoms with Gasteiger partial charge in [-0.05, 0) is 36.6 Å². The Balaban J connectivity index is 1.58. The van der Waals surface area contributed by atoms with Crippen molar-refractivity contribution in [3.63, 3.8) is 0 Å². The molecule has 0 unspecified atom stereocenters. The molecule has 2 aromatic carbocycles. The smallest absolute Gasteiger partial charge is 0.253 e. The quantitative estimate of drug-likeness (QED) is 0.883. The van der Waals surface area contributed by atoms with Crippen molar-refractivity contribution < 1.29 is 4.79 Å². The zero-order chi connectivity index (χ0) is 16.1. The van der Waals surface area contributed by atoms with Crippen molar-refractivity contribution >= 4 is 21.8 Å². The van der Waals surface area contributed by atoms with Crippen LogP contribution >= 0.6 is 15.9 Å². The average molecular weight is 373 g/mol. The molecular formula is C19H21BrN2O. The topological polar surface area (TPSA) is 32.3 Å². The Kier molecular flexibility index (Phi) is 5.47. The standard InChI is InChI=1S/C19H21BrN2O/c20-17-9-4-8-16(12-17)19(23)22-11-5-10-18(14-22)21-13-15-6-2-1-3-7-15/h1-4,6-9,12,18,21H,5,10-11,13-14H2/t18-/m1/s1. The summed E-state index contributed by atoms with van der Waals surface area (Å²) < 4.78 is 0.944. The molecule has 0 aliphatic carbocycles. The Morgan fingerprint density at radius 1 is 1.17 bits per heavy atom. The van der Waals surface area contributed by atoms with Crippen LogP contribution in [0.25, 0.3) is 0 Å². The number of rotatable bonds is 4. The van der Waals surface area contributed by atoms with Crippen molar-refractivity contribution in [3.8, 4) is 0 Å². The number of hydrogen-bond acceptors (Lipinski definition) is 2. The lowest BCUT2D eigenvalue weighted by molar-refractivity contribution is 0.0694. The lowest BCUT2D eigenvalue weighted by atomic mass is 10.0. The minimum Gasteiger partial charge on any atom is -0.337 e. The van der Waals surface area contributed by atoms with Crippen LogP contribution in [0.3, 0.4) is 0 Å². The van der Waals surface area contributed by atoms with Gasteiger partial charge in [-0.25, -0.2) is 0 Å². The summed E-state index contributed by atoms with van der Waals surface area (Å²) >= 11 is 3.43. The number of amides is 1. The minimum absolute atomic E-state index is 0.123. The molecule has 0 aromatic heterocycles. The van der Waals surface area contributed by atoms with Crippen molar-refractivity contribution in [1.82, 2.24) is 10.2 Å². The number of carbonyl (C=O) groups excluding carboxylic acids is 1. The number of nitrogens with one attached hydrogen (secondary N) is 1. The van der Waals surface area contributed by atoms with E-state index in [1.165, 1.54) is 5.56 Å². The Bertz CT molecular complexity index is 659. The summed E-state index contributed by atoms with van der Waals surface area (Å²) in [4.78, 5) is 14.6. The molecule has 1 amide bonds. The molecular weight excluding hydrogens is 352 g/mol. The van der Waals surface area contributed by atoms with E-state index in [-0.39, 0.29) is 5.91 Å². The van der Waals surface area contributed by atoms with Gasteiger partial charge in [-0.15, -0.1) is 0 Å². The van der Waals surface area contributed by atoms with E-state index < -0.39 is 0 Å². The zero-order valence-electron chi connectivity index (χ0n) is 13.0. The van der Waals surface area contributed by atoms with Gasteiger partial charge >= 0.3 is 0 Å². The van der Waals surface area contributed by atoms with Gasteiger partial charge in [-0.2, -0.15) is 0 Å². The molecule has 120 valence electrons. The maximum absolute atomic E-state index is 12.6. The molecule has 0 bridgehead atoms. The molecule has 4 heteroatoms. The van der Waals surface area contributed by atoms with Gasteiger partial charge in [0.25, 0.3) is 5.91 Å². The monoisotopic (exact) mass is 372 g/mol. The van der Waals surface area contributed by atoms with Crippen LogP contribution in [0.1, 0.15) is 28.8 Å². The average Bonchev–Trinajstić information content (AvgIpc) is 2.60. The molecule has 1 aliphatic rings. The number of carbonyl (C=O) groups is 1. The van der Waals surface area contributed by atoms with E-state index >= 15 is 0 Å². The molecule has 23 heavy (non-hydrogen) atoms. The van der Waals surface area contributed by atoms with Crippen LogP contribution in [0.2, 0.25) is 0 Å². The van der Waals surface area contributed by atoms with Gasteiger partial charge < -0.3 is 10.2 Å². The largest absolute Gasteiger partial charge is 0.337 e. The van der Waals surface area contributed by atoms with E-state index in [0.717, 1.165) is 42.5 Å². The third-order valence-electron chi connectivity index (χ3n) is 4.22. The summed E-state index contributed by atoms with van der Waals surface area (Å²) in [6.07, 6.45) is 2.17. The minimum atomic E-state index is 0.123. The molecule has 3 nitrogen and oxygen atoms in total. The second-order valence-corrected chi connectivity index (χ2v) is 6.88. The van der Waals surface area contributed by atoms with Gasteiger partial charge in [-0.3, -0.25) is 4.79 Å². The highest BCUT2D eigenvalue weighted by atomic mass is 79.9. The Morgan fingerprint density at radius 3 is 2.78 bits per heavy atom. The van der Waals surface area contributed by atoms with Crippen LogP contribution in [0.4, 0.5) is 0 Å². The summed E-state index contributed by atoms with van der Waals surface area (Å²) in [6.45, 7) is 2.47. The van der Waals surface area contributed by atoms with Gasteiger partial charge in [0.1, 0.15) is 0 Å². The molecule has 1 N–H and O–H groups in total. The third kappa shape index (κ3) is 4.43. The van der Waals surface area contributed by atoms with E-state index in [2.05, 4.69) is 45.5 Å². The highest BCUT2D eigenvalue weighted by Crippen LogP contribution is 2.17.